The topological polar surface area (TPSA) is 116 Å². The fourth-order valence-corrected chi connectivity index (χ4v) is 2.07. The van der Waals surface area contributed by atoms with E-state index in [0.29, 0.717) is 12.8 Å². The molecule has 0 saturated heterocycles. The summed E-state index contributed by atoms with van der Waals surface area (Å²) in [4.78, 5) is 22.3. The van der Waals surface area contributed by atoms with Crippen molar-refractivity contribution in [3.8, 4) is 0 Å². The molecular formula is C14H19BrN2O4. The number of carboxylic acids is 1. The van der Waals surface area contributed by atoms with Crippen molar-refractivity contribution in [1.82, 2.24) is 0 Å². The van der Waals surface area contributed by atoms with Crippen LogP contribution >= 0.6 is 15.9 Å². The first-order valence-corrected chi connectivity index (χ1v) is 7.35. The Kier molecular flexibility index (Phi) is 7.35. The van der Waals surface area contributed by atoms with Crippen molar-refractivity contribution in [2.75, 3.05) is 0 Å². The fourth-order valence-electron chi connectivity index (χ4n) is 1.67. The van der Waals surface area contributed by atoms with Gasteiger partial charge in [-0.3, -0.25) is 9.59 Å². The zero-order valence-electron chi connectivity index (χ0n) is 11.5. The van der Waals surface area contributed by atoms with Crippen LogP contribution in [0.5, 0.6) is 0 Å². The van der Waals surface area contributed by atoms with Gasteiger partial charge < -0.3 is 21.3 Å². The Balaban J connectivity index is 2.31. The number of hydrogen-bond donors (Lipinski definition) is 3. The Hall–Kier alpha value is -1.44. The van der Waals surface area contributed by atoms with E-state index in [2.05, 4.69) is 15.9 Å². The summed E-state index contributed by atoms with van der Waals surface area (Å²) < 4.78 is 5.99. The number of carboxylic acid groups (broad SMARTS) is 1. The first kappa shape index (κ1) is 17.6. The number of nitrogens with two attached hydrogens (primary N) is 2. The summed E-state index contributed by atoms with van der Waals surface area (Å²) in [5.74, 6) is -1.56. The second-order valence-electron chi connectivity index (χ2n) is 4.68. The first-order valence-electron chi connectivity index (χ1n) is 6.56. The maximum absolute atomic E-state index is 11.7. The largest absolute Gasteiger partial charge is 0.480 e. The Morgan fingerprint density at radius 1 is 1.19 bits per heavy atom. The molecule has 0 spiro atoms. The van der Waals surface area contributed by atoms with Crippen LogP contribution < -0.4 is 11.5 Å². The van der Waals surface area contributed by atoms with E-state index in [0.717, 1.165) is 10.0 Å². The Bertz CT molecular complexity index is 496. The van der Waals surface area contributed by atoms with Crippen molar-refractivity contribution in [3.05, 3.63) is 34.3 Å². The van der Waals surface area contributed by atoms with Crippen molar-refractivity contribution in [1.29, 1.82) is 0 Å². The number of rotatable bonds is 8. The van der Waals surface area contributed by atoms with E-state index < -0.39 is 24.0 Å². The van der Waals surface area contributed by atoms with Gasteiger partial charge in [0.15, 0.2) is 0 Å². The Labute approximate surface area is 131 Å². The van der Waals surface area contributed by atoms with Crippen LogP contribution in [0.1, 0.15) is 24.8 Å². The van der Waals surface area contributed by atoms with Gasteiger partial charge in [0, 0.05) is 10.0 Å². The van der Waals surface area contributed by atoms with Crippen molar-refractivity contribution in [3.63, 3.8) is 0 Å². The molecule has 0 aliphatic rings. The van der Waals surface area contributed by atoms with Crippen LogP contribution in [0.25, 0.3) is 0 Å². The van der Waals surface area contributed by atoms with E-state index in [1.54, 1.807) is 0 Å². The molecule has 7 heteroatoms. The lowest BCUT2D eigenvalue weighted by Gasteiger charge is -2.13. The molecule has 0 aliphatic heterocycles. The minimum Gasteiger partial charge on any atom is -0.480 e. The zero-order chi connectivity index (χ0) is 15.8. The highest BCUT2D eigenvalue weighted by atomic mass is 79.9. The van der Waals surface area contributed by atoms with Gasteiger partial charge in [0.2, 0.25) is 0 Å². The summed E-state index contributed by atoms with van der Waals surface area (Å²) in [7, 11) is 0. The van der Waals surface area contributed by atoms with Crippen molar-refractivity contribution in [2.45, 2.75) is 38.0 Å². The molecule has 21 heavy (non-hydrogen) atoms. The minimum atomic E-state index is -1.06. The van der Waals surface area contributed by atoms with Gasteiger partial charge in [-0.15, -0.1) is 0 Å². The highest BCUT2D eigenvalue weighted by Gasteiger charge is 2.17. The number of halogens is 1. The maximum atomic E-state index is 11.7. The van der Waals surface area contributed by atoms with Gasteiger partial charge in [0.1, 0.15) is 18.7 Å². The average molecular weight is 359 g/mol. The molecule has 0 fully saturated rings. The molecule has 0 saturated carbocycles. The van der Waals surface area contributed by atoms with Gasteiger partial charge in [-0.05, 0) is 25.3 Å². The molecule has 1 rings (SSSR count). The Morgan fingerprint density at radius 3 is 2.43 bits per heavy atom. The molecule has 0 amide bonds. The minimum absolute atomic E-state index is 0.141. The van der Waals surface area contributed by atoms with Gasteiger partial charge in [0.05, 0.1) is 0 Å². The number of carbonyl (C=O) groups is 2. The van der Waals surface area contributed by atoms with Gasteiger partial charge in [0.25, 0.3) is 0 Å². The molecule has 1 unspecified atom stereocenters. The summed E-state index contributed by atoms with van der Waals surface area (Å²) in [5.41, 5.74) is 11.9. The molecular weight excluding hydrogens is 340 g/mol. The maximum Gasteiger partial charge on any atom is 0.323 e. The number of esters is 1. The molecule has 0 aliphatic carbocycles. The van der Waals surface area contributed by atoms with E-state index in [1.165, 1.54) is 0 Å². The molecule has 2 atom stereocenters. The average Bonchev–Trinajstić information content (AvgIpc) is 2.45. The second-order valence-corrected chi connectivity index (χ2v) is 5.54. The summed E-state index contributed by atoms with van der Waals surface area (Å²) in [5, 5.41) is 8.64. The standard InChI is InChI=1S/C14H19BrN2O4/c15-10-5-2-1-4-9(10)8-21-14(20)12(17)7-3-6-11(16)13(18)19/h1-2,4-5,11-12H,3,6-8,16-17H2,(H,18,19)/t11-,12?/m0/s1. The fraction of sp³-hybridized carbons (Fsp3) is 0.429. The van der Waals surface area contributed by atoms with Crippen LogP contribution in [0, 0.1) is 0 Å². The molecule has 0 aromatic heterocycles. The highest BCUT2D eigenvalue weighted by molar-refractivity contribution is 9.10. The summed E-state index contributed by atoms with van der Waals surface area (Å²) in [6.07, 6.45) is 1.08. The number of benzene rings is 1. The SMILES string of the molecule is NC(CCC[C@H](N)C(=O)O)C(=O)OCc1ccccc1Br. The molecule has 6 nitrogen and oxygen atoms in total. The third-order valence-corrected chi connectivity index (χ3v) is 3.75. The van der Waals surface area contributed by atoms with Gasteiger partial charge in [-0.2, -0.15) is 0 Å². The lowest BCUT2D eigenvalue weighted by molar-refractivity contribution is -0.146. The van der Waals surface area contributed by atoms with Crippen LogP contribution in [0.15, 0.2) is 28.7 Å². The predicted molar refractivity (Wildman–Crippen MR) is 81.4 cm³/mol. The lowest BCUT2D eigenvalue weighted by Crippen LogP contribution is -2.34. The van der Waals surface area contributed by atoms with Gasteiger partial charge in [-0.1, -0.05) is 34.1 Å². The number of hydrogen-bond acceptors (Lipinski definition) is 5. The monoisotopic (exact) mass is 358 g/mol. The molecule has 1 aromatic rings. The van der Waals surface area contributed by atoms with Crippen LogP contribution in [0.4, 0.5) is 0 Å². The van der Waals surface area contributed by atoms with E-state index in [9.17, 15) is 9.59 Å². The zero-order valence-corrected chi connectivity index (χ0v) is 13.1. The summed E-state index contributed by atoms with van der Waals surface area (Å²) >= 11 is 3.36. The normalized spacial score (nSPS) is 13.5. The molecule has 0 radical (unpaired) electrons. The number of carbonyl (C=O) groups excluding carboxylic acids is 1. The number of ether oxygens (including phenoxy) is 1. The van der Waals surface area contributed by atoms with Crippen LogP contribution in [-0.4, -0.2) is 29.1 Å². The van der Waals surface area contributed by atoms with Crippen molar-refractivity contribution >= 4 is 27.9 Å². The highest BCUT2D eigenvalue weighted by Crippen LogP contribution is 2.17. The summed E-state index contributed by atoms with van der Waals surface area (Å²) in [6, 6.07) is 5.72. The van der Waals surface area contributed by atoms with E-state index in [-0.39, 0.29) is 13.0 Å². The van der Waals surface area contributed by atoms with Crippen LogP contribution in [0.3, 0.4) is 0 Å². The third kappa shape index (κ3) is 6.24. The van der Waals surface area contributed by atoms with E-state index in [4.69, 9.17) is 21.3 Å². The van der Waals surface area contributed by atoms with Crippen LogP contribution in [0.2, 0.25) is 0 Å². The third-order valence-electron chi connectivity index (χ3n) is 2.98. The molecule has 1 aromatic carbocycles. The number of aliphatic carboxylic acids is 1. The van der Waals surface area contributed by atoms with Gasteiger partial charge >= 0.3 is 11.9 Å². The first-order chi connectivity index (χ1) is 9.91. The van der Waals surface area contributed by atoms with E-state index in [1.807, 2.05) is 24.3 Å². The van der Waals surface area contributed by atoms with Crippen LogP contribution in [-0.2, 0) is 20.9 Å². The predicted octanol–water partition coefficient (Wildman–Crippen LogP) is 1.40. The van der Waals surface area contributed by atoms with E-state index >= 15 is 0 Å². The second kappa shape index (κ2) is 8.76. The molecule has 0 bridgehead atoms. The molecule has 116 valence electrons. The molecule has 5 N–H and O–H groups in total. The van der Waals surface area contributed by atoms with Gasteiger partial charge in [-0.25, -0.2) is 0 Å². The molecule has 0 heterocycles. The summed E-state index contributed by atoms with van der Waals surface area (Å²) in [6.45, 7) is 0.141. The van der Waals surface area contributed by atoms with Crippen molar-refractivity contribution < 1.29 is 19.4 Å². The van der Waals surface area contributed by atoms with Crippen molar-refractivity contribution in [2.24, 2.45) is 11.5 Å². The lowest BCUT2D eigenvalue weighted by atomic mass is 10.1. The smallest absolute Gasteiger partial charge is 0.323 e. The quantitative estimate of drug-likeness (QED) is 0.605. The Morgan fingerprint density at radius 2 is 1.81 bits per heavy atom.